The van der Waals surface area contributed by atoms with Crippen molar-refractivity contribution in [2.45, 2.75) is 81.1 Å². The van der Waals surface area contributed by atoms with E-state index in [4.69, 9.17) is 0 Å². The first-order chi connectivity index (χ1) is 18.3. The van der Waals surface area contributed by atoms with Crippen LogP contribution >= 0.6 is 0 Å². The van der Waals surface area contributed by atoms with Crippen LogP contribution in [0.1, 0.15) is 56.2 Å². The van der Waals surface area contributed by atoms with Gasteiger partial charge in [-0.2, -0.15) is 31.6 Å². The summed E-state index contributed by atoms with van der Waals surface area (Å²) in [5, 5.41) is 13.8. The number of nitriles is 1. The maximum absolute atomic E-state index is 14.4. The van der Waals surface area contributed by atoms with Gasteiger partial charge in [0.05, 0.1) is 12.1 Å². The minimum absolute atomic E-state index is 0.268. The molecule has 13 heteroatoms. The molecule has 0 saturated heterocycles. The summed E-state index contributed by atoms with van der Waals surface area (Å²) in [5.41, 5.74) is -3.64. The molecule has 2 aromatic rings. The van der Waals surface area contributed by atoms with Crippen LogP contribution in [0.4, 0.5) is 39.5 Å². The van der Waals surface area contributed by atoms with Gasteiger partial charge in [0.2, 0.25) is 5.91 Å². The van der Waals surface area contributed by atoms with Gasteiger partial charge in [-0.3, -0.25) is 10.1 Å². The lowest BCUT2D eigenvalue weighted by molar-refractivity contribution is -0.178. The fraction of sp³-hybridized carbons (Fsp3) is 0.481. The number of benzene rings is 2. The van der Waals surface area contributed by atoms with Crippen molar-refractivity contribution < 1.29 is 44.3 Å². The Kier molecular flexibility index (Phi) is 8.84. The van der Waals surface area contributed by atoms with E-state index in [1.807, 2.05) is 6.07 Å². The van der Waals surface area contributed by atoms with Gasteiger partial charge in [0.25, 0.3) is 6.43 Å². The molecule has 218 valence electrons. The zero-order chi connectivity index (χ0) is 30.1. The zero-order valence-corrected chi connectivity index (χ0v) is 21.3. The SMILES string of the molecule is CC(C)(F)CC(NC(c1ccc(-c2ccc(C(C(F)F)C(F)(F)F)cc2)cc1)C(F)(F)F)C(=O)NC1(C#N)CC1. The fourth-order valence-corrected chi connectivity index (χ4v) is 4.23. The molecule has 40 heavy (non-hydrogen) atoms. The van der Waals surface area contributed by atoms with Crippen molar-refractivity contribution in [1.82, 2.24) is 10.6 Å². The van der Waals surface area contributed by atoms with Crippen LogP contribution in [0.25, 0.3) is 11.1 Å². The Bertz CT molecular complexity index is 1210. The molecule has 0 spiro atoms. The first kappa shape index (κ1) is 31.3. The first-order valence-corrected chi connectivity index (χ1v) is 12.2. The monoisotopic (exact) mass is 579 g/mol. The standard InChI is InChI=1S/C27H26F9N3O/c1-24(2,30)13-19(23(40)39-25(14-37)11-12-25)38-21(27(34,35)36)18-9-5-16(6-10-18)15-3-7-17(8-4-15)20(22(28)29)26(31,32)33/h3-10,19-22,38H,11-13H2,1-2H3,(H,39,40). The van der Waals surface area contributed by atoms with Crippen LogP contribution in [0.3, 0.4) is 0 Å². The van der Waals surface area contributed by atoms with E-state index in [9.17, 15) is 49.6 Å². The lowest BCUT2D eigenvalue weighted by Gasteiger charge is -2.30. The fourth-order valence-electron chi connectivity index (χ4n) is 4.23. The Labute approximate surface area is 224 Å². The number of halogens is 9. The highest BCUT2D eigenvalue weighted by Gasteiger charge is 2.49. The number of nitrogens with zero attached hydrogens (tertiary/aromatic N) is 1. The quantitative estimate of drug-likeness (QED) is 0.294. The number of carbonyl (C=O) groups is 1. The molecule has 3 atom stereocenters. The molecule has 0 aliphatic heterocycles. The summed E-state index contributed by atoms with van der Waals surface area (Å²) in [6, 6.07) is 6.58. The largest absolute Gasteiger partial charge is 0.407 e. The summed E-state index contributed by atoms with van der Waals surface area (Å²) in [4.78, 5) is 12.8. The highest BCUT2D eigenvalue weighted by Crippen LogP contribution is 2.40. The van der Waals surface area contributed by atoms with E-state index >= 15 is 0 Å². The van der Waals surface area contributed by atoms with E-state index in [-0.39, 0.29) is 11.1 Å². The molecular formula is C27H26F9N3O. The predicted octanol–water partition coefficient (Wildman–Crippen LogP) is 7.14. The molecule has 4 nitrogen and oxygen atoms in total. The van der Waals surface area contributed by atoms with Crippen molar-refractivity contribution in [2.24, 2.45) is 0 Å². The average Bonchev–Trinajstić information content (AvgIpc) is 3.59. The summed E-state index contributed by atoms with van der Waals surface area (Å²) >= 11 is 0. The minimum atomic E-state index is -5.17. The smallest absolute Gasteiger partial charge is 0.336 e. The van der Waals surface area contributed by atoms with E-state index in [0.717, 1.165) is 50.2 Å². The number of alkyl halides is 9. The van der Waals surface area contributed by atoms with E-state index in [1.54, 1.807) is 0 Å². The average molecular weight is 580 g/mol. The number of amides is 1. The molecule has 3 unspecified atom stereocenters. The van der Waals surface area contributed by atoms with Gasteiger partial charge in [0.15, 0.2) is 0 Å². The molecule has 1 saturated carbocycles. The zero-order valence-electron chi connectivity index (χ0n) is 21.3. The van der Waals surface area contributed by atoms with Crippen LogP contribution in [0.5, 0.6) is 0 Å². The molecule has 3 rings (SSSR count). The van der Waals surface area contributed by atoms with Crippen molar-refractivity contribution in [3.63, 3.8) is 0 Å². The third kappa shape index (κ3) is 7.90. The van der Waals surface area contributed by atoms with Crippen molar-refractivity contribution in [3.8, 4) is 17.2 Å². The Morgan fingerprint density at radius 1 is 0.875 bits per heavy atom. The van der Waals surface area contributed by atoms with E-state index < -0.39 is 65.9 Å². The topological polar surface area (TPSA) is 64.9 Å². The maximum atomic E-state index is 14.4. The maximum Gasteiger partial charge on any atom is 0.407 e. The summed E-state index contributed by atoms with van der Waals surface area (Å²) in [7, 11) is 0. The molecule has 1 amide bonds. The third-order valence-corrected chi connectivity index (χ3v) is 6.48. The van der Waals surface area contributed by atoms with Crippen LogP contribution in [0, 0.1) is 11.3 Å². The van der Waals surface area contributed by atoms with Gasteiger partial charge in [0, 0.05) is 6.42 Å². The normalized spacial score (nSPS) is 17.6. The lowest BCUT2D eigenvalue weighted by Crippen LogP contribution is -2.53. The van der Waals surface area contributed by atoms with E-state index in [2.05, 4.69) is 10.6 Å². The van der Waals surface area contributed by atoms with Crippen molar-refractivity contribution >= 4 is 5.91 Å². The van der Waals surface area contributed by atoms with Gasteiger partial charge in [-0.25, -0.2) is 13.2 Å². The molecule has 0 heterocycles. The van der Waals surface area contributed by atoms with Crippen molar-refractivity contribution in [3.05, 3.63) is 59.7 Å². The van der Waals surface area contributed by atoms with Crippen molar-refractivity contribution in [1.29, 1.82) is 5.26 Å². The third-order valence-electron chi connectivity index (χ3n) is 6.48. The molecule has 1 fully saturated rings. The van der Waals surface area contributed by atoms with Crippen LogP contribution in [0.2, 0.25) is 0 Å². The highest BCUT2D eigenvalue weighted by atomic mass is 19.4. The van der Waals surface area contributed by atoms with Crippen LogP contribution in [0.15, 0.2) is 48.5 Å². The van der Waals surface area contributed by atoms with Crippen LogP contribution in [-0.2, 0) is 4.79 Å². The van der Waals surface area contributed by atoms with Gasteiger partial charge >= 0.3 is 12.4 Å². The number of hydrogen-bond acceptors (Lipinski definition) is 3. The Morgan fingerprint density at radius 2 is 1.35 bits per heavy atom. The highest BCUT2D eigenvalue weighted by molar-refractivity contribution is 5.83. The first-order valence-electron chi connectivity index (χ1n) is 12.2. The molecule has 1 aliphatic carbocycles. The van der Waals surface area contributed by atoms with E-state index in [1.165, 1.54) is 12.1 Å². The second-order valence-corrected chi connectivity index (χ2v) is 10.4. The number of rotatable bonds is 10. The molecule has 0 bridgehead atoms. The van der Waals surface area contributed by atoms with Gasteiger partial charge in [-0.05, 0) is 48.9 Å². The second kappa shape index (κ2) is 11.3. The predicted molar refractivity (Wildman–Crippen MR) is 128 cm³/mol. The molecule has 2 aromatic carbocycles. The molecule has 2 N–H and O–H groups in total. The Morgan fingerprint density at radius 3 is 1.70 bits per heavy atom. The summed E-state index contributed by atoms with van der Waals surface area (Å²) in [6.45, 7) is 2.21. The Hall–Kier alpha value is -3.27. The summed E-state index contributed by atoms with van der Waals surface area (Å²) < 4.78 is 122. The molecule has 0 radical (unpaired) electrons. The van der Waals surface area contributed by atoms with Gasteiger partial charge in [-0.1, -0.05) is 48.5 Å². The van der Waals surface area contributed by atoms with Gasteiger partial charge in [-0.15, -0.1) is 0 Å². The molecule has 1 aliphatic rings. The summed E-state index contributed by atoms with van der Waals surface area (Å²) in [6.07, 6.45) is -13.7. The molecule has 0 aromatic heterocycles. The van der Waals surface area contributed by atoms with Gasteiger partial charge < -0.3 is 5.32 Å². The lowest BCUT2D eigenvalue weighted by atomic mass is 9.94. The van der Waals surface area contributed by atoms with Crippen molar-refractivity contribution in [2.75, 3.05) is 0 Å². The van der Waals surface area contributed by atoms with E-state index in [0.29, 0.717) is 18.4 Å². The number of hydrogen-bond donors (Lipinski definition) is 2. The minimum Gasteiger partial charge on any atom is -0.336 e. The van der Waals surface area contributed by atoms with Crippen LogP contribution in [-0.4, -0.2) is 41.9 Å². The molecular weight excluding hydrogens is 553 g/mol. The Balaban J connectivity index is 1.85. The number of nitrogens with one attached hydrogen (secondary N) is 2. The van der Waals surface area contributed by atoms with Gasteiger partial charge in [0.1, 0.15) is 23.2 Å². The summed E-state index contributed by atoms with van der Waals surface area (Å²) in [5.74, 6) is -3.93. The second-order valence-electron chi connectivity index (χ2n) is 10.4. The number of carbonyl (C=O) groups excluding carboxylic acids is 1. The van der Waals surface area contributed by atoms with Crippen LogP contribution < -0.4 is 10.6 Å².